The standard InChI is InChI=1S/C23H23N5O/c1-13-25-22-18(12-20(24)28-23(22)26-13)19-11-16-5-3-4-15(21(16)27-19)10-14-6-8-17(29-2)9-7-14/h3-9,12,19,27H,10-11H2,1-2H3,(H3,24,25,26,28). The Morgan fingerprint density at radius 1 is 1.14 bits per heavy atom. The molecule has 0 aliphatic carbocycles. The van der Waals surface area contributed by atoms with E-state index in [1.165, 1.54) is 22.4 Å². The first kappa shape index (κ1) is 17.6. The summed E-state index contributed by atoms with van der Waals surface area (Å²) < 4.78 is 5.27. The van der Waals surface area contributed by atoms with E-state index in [4.69, 9.17) is 10.5 Å². The summed E-state index contributed by atoms with van der Waals surface area (Å²) in [6.45, 7) is 1.94. The summed E-state index contributed by atoms with van der Waals surface area (Å²) in [6, 6.07) is 16.9. The van der Waals surface area contributed by atoms with E-state index in [0.29, 0.717) is 11.5 Å². The van der Waals surface area contributed by atoms with Gasteiger partial charge in [-0.1, -0.05) is 30.3 Å². The smallest absolute Gasteiger partial charge is 0.180 e. The van der Waals surface area contributed by atoms with Gasteiger partial charge in [0.2, 0.25) is 0 Å². The zero-order valence-corrected chi connectivity index (χ0v) is 16.5. The molecule has 1 unspecified atom stereocenters. The van der Waals surface area contributed by atoms with Crippen LogP contribution in [0.5, 0.6) is 5.75 Å². The lowest BCUT2D eigenvalue weighted by molar-refractivity contribution is 0.414. The Bertz CT molecular complexity index is 1200. The molecule has 0 amide bonds. The van der Waals surface area contributed by atoms with Crippen molar-refractivity contribution >= 4 is 22.7 Å². The van der Waals surface area contributed by atoms with Gasteiger partial charge in [0, 0.05) is 11.3 Å². The van der Waals surface area contributed by atoms with Crippen molar-refractivity contribution < 1.29 is 4.74 Å². The number of hydrogen-bond donors (Lipinski definition) is 3. The summed E-state index contributed by atoms with van der Waals surface area (Å²) in [6.07, 6.45) is 1.77. The molecule has 2 aromatic heterocycles. The largest absolute Gasteiger partial charge is 0.497 e. The van der Waals surface area contributed by atoms with Crippen LogP contribution in [0.3, 0.4) is 0 Å². The number of aryl methyl sites for hydroxylation is 1. The minimum absolute atomic E-state index is 0.134. The molecule has 1 aliphatic heterocycles. The van der Waals surface area contributed by atoms with Crippen molar-refractivity contribution in [2.24, 2.45) is 0 Å². The van der Waals surface area contributed by atoms with Crippen LogP contribution in [-0.4, -0.2) is 22.1 Å². The number of hydrogen-bond acceptors (Lipinski definition) is 5. The van der Waals surface area contributed by atoms with Gasteiger partial charge < -0.3 is 20.8 Å². The summed E-state index contributed by atoms with van der Waals surface area (Å²) in [5, 5.41) is 3.73. The fourth-order valence-electron chi connectivity index (χ4n) is 4.17. The number of nitrogens with one attached hydrogen (secondary N) is 2. The molecule has 4 N–H and O–H groups in total. The van der Waals surface area contributed by atoms with Crippen molar-refractivity contribution in [2.45, 2.75) is 25.8 Å². The summed E-state index contributed by atoms with van der Waals surface area (Å²) in [5.74, 6) is 2.21. The number of pyridine rings is 1. The van der Waals surface area contributed by atoms with E-state index in [0.717, 1.165) is 35.5 Å². The topological polar surface area (TPSA) is 88.8 Å². The van der Waals surface area contributed by atoms with Gasteiger partial charge in [0.15, 0.2) is 5.65 Å². The number of nitrogens with zero attached hydrogens (tertiary/aromatic N) is 2. The van der Waals surface area contributed by atoms with Crippen molar-refractivity contribution in [3.8, 4) is 5.75 Å². The van der Waals surface area contributed by atoms with Crippen LogP contribution in [0.15, 0.2) is 48.5 Å². The summed E-state index contributed by atoms with van der Waals surface area (Å²) in [5.41, 5.74) is 13.9. The van der Waals surface area contributed by atoms with Crippen LogP contribution < -0.4 is 15.8 Å². The second kappa shape index (κ2) is 6.81. The quantitative estimate of drug-likeness (QED) is 0.491. The zero-order valence-electron chi connectivity index (χ0n) is 16.5. The molecule has 3 heterocycles. The van der Waals surface area contributed by atoms with Gasteiger partial charge in [-0.15, -0.1) is 0 Å². The maximum Gasteiger partial charge on any atom is 0.180 e. The lowest BCUT2D eigenvalue weighted by Gasteiger charge is -2.15. The van der Waals surface area contributed by atoms with E-state index in [9.17, 15) is 0 Å². The molecule has 0 radical (unpaired) electrons. The normalized spacial score (nSPS) is 15.3. The van der Waals surface area contributed by atoms with Gasteiger partial charge in [-0.25, -0.2) is 9.97 Å². The number of H-pyrrole nitrogens is 1. The van der Waals surface area contributed by atoms with Gasteiger partial charge >= 0.3 is 0 Å². The highest BCUT2D eigenvalue weighted by molar-refractivity contribution is 5.79. The van der Waals surface area contributed by atoms with E-state index in [-0.39, 0.29) is 6.04 Å². The molecular formula is C23H23N5O. The number of ether oxygens (including phenoxy) is 1. The van der Waals surface area contributed by atoms with Gasteiger partial charge in [0.05, 0.1) is 18.7 Å². The number of methoxy groups -OCH3 is 1. The van der Waals surface area contributed by atoms with E-state index in [1.807, 2.05) is 25.1 Å². The lowest BCUT2D eigenvalue weighted by Crippen LogP contribution is -2.09. The molecule has 0 spiro atoms. The highest BCUT2D eigenvalue weighted by atomic mass is 16.5. The van der Waals surface area contributed by atoms with Crippen molar-refractivity contribution in [3.05, 3.63) is 76.6 Å². The van der Waals surface area contributed by atoms with Crippen LogP contribution in [0.4, 0.5) is 11.5 Å². The summed E-state index contributed by atoms with van der Waals surface area (Å²) in [4.78, 5) is 12.2. The maximum atomic E-state index is 6.06. The number of para-hydroxylation sites is 1. The zero-order chi connectivity index (χ0) is 20.0. The molecule has 0 fully saturated rings. The molecule has 1 atom stereocenters. The number of benzene rings is 2. The third kappa shape index (κ3) is 3.16. The van der Waals surface area contributed by atoms with E-state index < -0.39 is 0 Å². The van der Waals surface area contributed by atoms with E-state index in [2.05, 4.69) is 50.6 Å². The van der Waals surface area contributed by atoms with Crippen molar-refractivity contribution in [2.75, 3.05) is 18.2 Å². The van der Waals surface area contributed by atoms with Crippen molar-refractivity contribution in [3.63, 3.8) is 0 Å². The first-order chi connectivity index (χ1) is 14.1. The average molecular weight is 385 g/mol. The Balaban J connectivity index is 1.47. The van der Waals surface area contributed by atoms with Crippen LogP contribution in [0.25, 0.3) is 11.2 Å². The molecule has 6 nitrogen and oxygen atoms in total. The Morgan fingerprint density at radius 2 is 1.97 bits per heavy atom. The first-order valence-electron chi connectivity index (χ1n) is 9.73. The summed E-state index contributed by atoms with van der Waals surface area (Å²) in [7, 11) is 1.69. The number of rotatable bonds is 4. The van der Waals surface area contributed by atoms with Crippen LogP contribution in [0, 0.1) is 6.92 Å². The lowest BCUT2D eigenvalue weighted by atomic mass is 9.99. The van der Waals surface area contributed by atoms with E-state index in [1.54, 1.807) is 7.11 Å². The number of aromatic amines is 1. The van der Waals surface area contributed by atoms with Crippen LogP contribution in [0.2, 0.25) is 0 Å². The molecular weight excluding hydrogens is 362 g/mol. The number of nitrogens with two attached hydrogens (primary N) is 1. The first-order valence-corrected chi connectivity index (χ1v) is 9.73. The minimum Gasteiger partial charge on any atom is -0.497 e. The number of aromatic nitrogens is 3. The molecule has 0 saturated heterocycles. The molecule has 5 rings (SSSR count). The second-order valence-corrected chi connectivity index (χ2v) is 7.53. The molecule has 0 saturated carbocycles. The van der Waals surface area contributed by atoms with Gasteiger partial charge in [0.25, 0.3) is 0 Å². The van der Waals surface area contributed by atoms with Gasteiger partial charge in [0.1, 0.15) is 17.4 Å². The Hall–Kier alpha value is -3.54. The van der Waals surface area contributed by atoms with Gasteiger partial charge in [-0.2, -0.15) is 0 Å². The Morgan fingerprint density at radius 3 is 2.76 bits per heavy atom. The average Bonchev–Trinajstić information content (AvgIpc) is 3.31. The summed E-state index contributed by atoms with van der Waals surface area (Å²) >= 11 is 0. The highest BCUT2D eigenvalue weighted by Crippen LogP contribution is 2.39. The molecule has 2 aromatic carbocycles. The van der Waals surface area contributed by atoms with Gasteiger partial charge in [-0.05, 0) is 54.7 Å². The van der Waals surface area contributed by atoms with E-state index >= 15 is 0 Å². The minimum atomic E-state index is 0.134. The maximum absolute atomic E-state index is 6.06. The highest BCUT2D eigenvalue weighted by Gasteiger charge is 2.27. The number of nitrogen functional groups attached to an aromatic ring is 1. The molecule has 0 bridgehead atoms. The molecule has 6 heteroatoms. The SMILES string of the molecule is COc1ccc(Cc2cccc3c2NC(c2cc(N)nc4nc(C)[nH]c24)C3)cc1. The molecule has 146 valence electrons. The fourth-order valence-corrected chi connectivity index (χ4v) is 4.17. The van der Waals surface area contributed by atoms with Crippen LogP contribution in [-0.2, 0) is 12.8 Å². The predicted molar refractivity (Wildman–Crippen MR) is 115 cm³/mol. The van der Waals surface area contributed by atoms with Gasteiger partial charge in [-0.3, -0.25) is 0 Å². The van der Waals surface area contributed by atoms with Crippen molar-refractivity contribution in [1.82, 2.24) is 15.0 Å². The third-order valence-corrected chi connectivity index (χ3v) is 5.54. The number of fused-ring (bicyclic) bond motifs is 2. The Kier molecular flexibility index (Phi) is 4.12. The molecule has 29 heavy (non-hydrogen) atoms. The van der Waals surface area contributed by atoms with Crippen LogP contribution in [0.1, 0.15) is 34.1 Å². The molecule has 1 aliphatic rings. The predicted octanol–water partition coefficient (Wildman–Crippen LogP) is 4.16. The van der Waals surface area contributed by atoms with Crippen molar-refractivity contribution in [1.29, 1.82) is 0 Å². The van der Waals surface area contributed by atoms with Crippen LogP contribution >= 0.6 is 0 Å². The number of imidazole rings is 1. The fraction of sp³-hybridized carbons (Fsp3) is 0.217. The molecule has 4 aromatic rings. The number of anilines is 2. The Labute approximate surface area is 169 Å². The third-order valence-electron chi connectivity index (χ3n) is 5.54. The monoisotopic (exact) mass is 385 g/mol. The second-order valence-electron chi connectivity index (χ2n) is 7.53.